The van der Waals surface area contributed by atoms with E-state index in [0.717, 1.165) is 15.4 Å². The topological polar surface area (TPSA) is 105 Å². The summed E-state index contributed by atoms with van der Waals surface area (Å²) < 4.78 is 40.0. The highest BCUT2D eigenvalue weighted by Gasteiger charge is 2.35. The van der Waals surface area contributed by atoms with E-state index in [-0.39, 0.29) is 35.5 Å². The molecule has 1 N–H and O–H groups in total. The van der Waals surface area contributed by atoms with Crippen LogP contribution in [0.2, 0.25) is 0 Å². The second-order valence-corrected chi connectivity index (χ2v) is 12.6. The average Bonchev–Trinajstić information content (AvgIpc) is 3.05. The smallest absolute Gasteiger partial charge is 0.264 e. The second kappa shape index (κ2) is 15.3. The van der Waals surface area contributed by atoms with Crippen LogP contribution >= 0.6 is 0 Å². The molecule has 1 atom stereocenters. The molecule has 0 aliphatic rings. The highest BCUT2D eigenvalue weighted by Crippen LogP contribution is 2.28. The van der Waals surface area contributed by atoms with E-state index in [0.29, 0.717) is 11.5 Å². The maximum atomic E-state index is 14.5. The van der Waals surface area contributed by atoms with Gasteiger partial charge in [0, 0.05) is 25.1 Å². The van der Waals surface area contributed by atoms with Crippen molar-refractivity contribution >= 4 is 27.5 Å². The lowest BCUT2D eigenvalue weighted by Crippen LogP contribution is -2.54. The molecule has 0 aliphatic carbocycles. The van der Waals surface area contributed by atoms with E-state index in [1.54, 1.807) is 67.8 Å². The lowest BCUT2D eigenvalue weighted by molar-refractivity contribution is -0.140. The molecule has 2 amide bonds. The number of amides is 2. The number of ether oxygens (including phenoxy) is 2. The minimum atomic E-state index is -4.21. The van der Waals surface area contributed by atoms with Crippen molar-refractivity contribution in [3.05, 3.63) is 120 Å². The Bertz CT molecular complexity index is 1680. The Morgan fingerprint density at radius 3 is 1.96 bits per heavy atom. The van der Waals surface area contributed by atoms with Crippen molar-refractivity contribution in [1.29, 1.82) is 0 Å². The van der Waals surface area contributed by atoms with Crippen LogP contribution in [0.15, 0.2) is 114 Å². The van der Waals surface area contributed by atoms with Gasteiger partial charge in [-0.3, -0.25) is 13.9 Å². The van der Waals surface area contributed by atoms with Crippen molar-refractivity contribution in [3.8, 4) is 11.5 Å². The molecule has 9 nitrogen and oxygen atoms in total. The van der Waals surface area contributed by atoms with Gasteiger partial charge in [0.1, 0.15) is 24.1 Å². The van der Waals surface area contributed by atoms with Gasteiger partial charge in [0.25, 0.3) is 10.0 Å². The fraction of sp³-hybridized carbons (Fsp3) is 0.257. The standard InChI is InChI=1S/C35H39N3O6S/c1-26(2)36-35(40)33(22-27-13-7-5-8-14-27)37(24-28-15-11-17-30(21-28)43-3)34(39)25-38(29-16-12-18-31(23-29)44-4)45(41,42)32-19-9-6-10-20-32/h5-21,23,26,33H,22,24-25H2,1-4H3,(H,36,40)/t33-/m1/s1. The molecule has 0 saturated heterocycles. The number of sulfonamides is 1. The molecule has 4 rings (SSSR count). The van der Waals surface area contributed by atoms with Crippen molar-refractivity contribution in [2.24, 2.45) is 0 Å². The number of hydrogen-bond donors (Lipinski definition) is 1. The first-order valence-corrected chi connectivity index (χ1v) is 16.0. The van der Waals surface area contributed by atoms with Gasteiger partial charge in [-0.15, -0.1) is 0 Å². The Kier molecular flexibility index (Phi) is 11.2. The van der Waals surface area contributed by atoms with Gasteiger partial charge in [-0.05, 0) is 61.4 Å². The predicted molar refractivity (Wildman–Crippen MR) is 175 cm³/mol. The number of benzene rings is 4. The van der Waals surface area contributed by atoms with Crippen molar-refractivity contribution < 1.29 is 27.5 Å². The summed E-state index contributed by atoms with van der Waals surface area (Å²) in [5, 5.41) is 2.96. The normalized spacial score (nSPS) is 11.8. The van der Waals surface area contributed by atoms with Crippen molar-refractivity contribution in [2.45, 2.75) is 43.8 Å². The monoisotopic (exact) mass is 629 g/mol. The van der Waals surface area contributed by atoms with E-state index in [2.05, 4.69) is 5.32 Å². The van der Waals surface area contributed by atoms with Gasteiger partial charge in [0.15, 0.2) is 0 Å². The summed E-state index contributed by atoms with van der Waals surface area (Å²) in [7, 11) is -1.17. The minimum absolute atomic E-state index is 0.0263. The summed E-state index contributed by atoms with van der Waals surface area (Å²) in [6.45, 7) is 3.18. The zero-order valence-corrected chi connectivity index (χ0v) is 26.7. The molecule has 10 heteroatoms. The van der Waals surface area contributed by atoms with Gasteiger partial charge in [0.2, 0.25) is 11.8 Å². The molecule has 0 heterocycles. The second-order valence-electron chi connectivity index (χ2n) is 10.8. The summed E-state index contributed by atoms with van der Waals surface area (Å²) >= 11 is 0. The number of carbonyl (C=O) groups is 2. The molecule has 0 fully saturated rings. The number of nitrogens with zero attached hydrogens (tertiary/aromatic N) is 2. The van der Waals surface area contributed by atoms with Gasteiger partial charge in [-0.1, -0.05) is 66.7 Å². The third-order valence-corrected chi connectivity index (χ3v) is 8.93. The fourth-order valence-corrected chi connectivity index (χ4v) is 6.34. The number of methoxy groups -OCH3 is 2. The Balaban J connectivity index is 1.82. The number of rotatable bonds is 14. The molecular weight excluding hydrogens is 590 g/mol. The molecule has 0 spiro atoms. The zero-order chi connectivity index (χ0) is 32.4. The van der Waals surface area contributed by atoms with Gasteiger partial charge >= 0.3 is 0 Å². The van der Waals surface area contributed by atoms with Crippen LogP contribution < -0.4 is 19.1 Å². The molecule has 0 aromatic heterocycles. The van der Waals surface area contributed by atoms with Crippen LogP contribution in [0.3, 0.4) is 0 Å². The lowest BCUT2D eigenvalue weighted by Gasteiger charge is -2.34. The van der Waals surface area contributed by atoms with E-state index < -0.39 is 28.5 Å². The molecule has 0 saturated carbocycles. The van der Waals surface area contributed by atoms with Crippen molar-refractivity contribution in [3.63, 3.8) is 0 Å². The Hall–Kier alpha value is -4.83. The number of anilines is 1. The van der Waals surface area contributed by atoms with E-state index in [4.69, 9.17) is 9.47 Å². The fourth-order valence-electron chi connectivity index (χ4n) is 4.92. The first-order valence-electron chi connectivity index (χ1n) is 14.6. The maximum absolute atomic E-state index is 14.5. The van der Waals surface area contributed by atoms with Crippen LogP contribution in [-0.2, 0) is 32.6 Å². The molecule has 0 radical (unpaired) electrons. The zero-order valence-electron chi connectivity index (χ0n) is 25.9. The van der Waals surface area contributed by atoms with Crippen LogP contribution in [0, 0.1) is 0 Å². The minimum Gasteiger partial charge on any atom is -0.497 e. The van der Waals surface area contributed by atoms with Crippen LogP contribution in [0.4, 0.5) is 5.69 Å². The highest BCUT2D eigenvalue weighted by molar-refractivity contribution is 7.92. The molecule has 0 aliphatic heterocycles. The number of nitrogens with one attached hydrogen (secondary N) is 1. The Morgan fingerprint density at radius 1 is 0.756 bits per heavy atom. The van der Waals surface area contributed by atoms with Gasteiger partial charge in [-0.2, -0.15) is 0 Å². The summed E-state index contributed by atoms with van der Waals surface area (Å²) in [4.78, 5) is 29.8. The third kappa shape index (κ3) is 8.63. The number of carbonyl (C=O) groups excluding carboxylic acids is 2. The Labute approximate surface area is 265 Å². The lowest BCUT2D eigenvalue weighted by atomic mass is 10.0. The first kappa shape index (κ1) is 33.1. The van der Waals surface area contributed by atoms with Crippen LogP contribution in [-0.4, -0.2) is 58.0 Å². The van der Waals surface area contributed by atoms with E-state index in [9.17, 15) is 18.0 Å². The van der Waals surface area contributed by atoms with E-state index in [1.165, 1.54) is 24.1 Å². The average molecular weight is 630 g/mol. The molecule has 4 aromatic rings. The van der Waals surface area contributed by atoms with Crippen LogP contribution in [0.1, 0.15) is 25.0 Å². The number of hydrogen-bond acceptors (Lipinski definition) is 6. The van der Waals surface area contributed by atoms with Gasteiger partial charge < -0.3 is 19.7 Å². The largest absolute Gasteiger partial charge is 0.497 e. The third-order valence-electron chi connectivity index (χ3n) is 7.14. The summed E-state index contributed by atoms with van der Waals surface area (Å²) in [6, 6.07) is 30.0. The molecule has 236 valence electrons. The summed E-state index contributed by atoms with van der Waals surface area (Å²) in [6.07, 6.45) is 0.222. The maximum Gasteiger partial charge on any atom is 0.264 e. The van der Waals surface area contributed by atoms with Crippen LogP contribution in [0.25, 0.3) is 0 Å². The molecule has 0 bridgehead atoms. The molecular formula is C35H39N3O6S. The van der Waals surface area contributed by atoms with Crippen molar-refractivity contribution in [2.75, 3.05) is 25.1 Å². The predicted octanol–water partition coefficient (Wildman–Crippen LogP) is 5.06. The molecule has 45 heavy (non-hydrogen) atoms. The van der Waals surface area contributed by atoms with E-state index in [1.807, 2.05) is 50.2 Å². The Morgan fingerprint density at radius 2 is 1.33 bits per heavy atom. The quantitative estimate of drug-likeness (QED) is 0.209. The SMILES string of the molecule is COc1cccc(CN(C(=O)CN(c2cccc(OC)c2)S(=O)(=O)c2ccccc2)[C@H](Cc2ccccc2)C(=O)NC(C)C)c1. The van der Waals surface area contributed by atoms with Gasteiger partial charge in [0.05, 0.1) is 24.8 Å². The van der Waals surface area contributed by atoms with Crippen molar-refractivity contribution in [1.82, 2.24) is 10.2 Å². The first-order chi connectivity index (χ1) is 21.6. The van der Waals surface area contributed by atoms with Gasteiger partial charge in [-0.25, -0.2) is 8.42 Å². The van der Waals surface area contributed by atoms with E-state index >= 15 is 0 Å². The summed E-state index contributed by atoms with van der Waals surface area (Å²) in [5.74, 6) is 0.124. The summed E-state index contributed by atoms with van der Waals surface area (Å²) in [5.41, 5.74) is 1.82. The molecule has 4 aromatic carbocycles. The van der Waals surface area contributed by atoms with Crippen LogP contribution in [0.5, 0.6) is 11.5 Å². The highest BCUT2D eigenvalue weighted by atomic mass is 32.2. The molecule has 0 unspecified atom stereocenters.